The molecule has 0 spiro atoms. The van der Waals surface area contributed by atoms with Crippen LogP contribution in [0.1, 0.15) is 9.75 Å². The highest BCUT2D eigenvalue weighted by Crippen LogP contribution is 2.17. The Morgan fingerprint density at radius 3 is 3.12 bits per heavy atom. The van der Waals surface area contributed by atoms with Gasteiger partial charge < -0.3 is 5.32 Å². The van der Waals surface area contributed by atoms with E-state index in [0.29, 0.717) is 16.4 Å². The van der Waals surface area contributed by atoms with Gasteiger partial charge in [0.25, 0.3) is 0 Å². The molecule has 0 unspecified atom stereocenters. The lowest BCUT2D eigenvalue weighted by Gasteiger charge is -1.98. The van der Waals surface area contributed by atoms with Gasteiger partial charge in [0.1, 0.15) is 10.9 Å². The number of carbonyl (C=O) groups is 1. The van der Waals surface area contributed by atoms with Gasteiger partial charge in [-0.15, -0.1) is 11.3 Å². The lowest BCUT2D eigenvalue weighted by atomic mass is 10.3. The molecule has 0 bridgehead atoms. The average molecular weight is 249 g/mol. The summed E-state index contributed by atoms with van der Waals surface area (Å²) in [6.45, 7) is 0. The molecule has 0 fully saturated rings. The quantitative estimate of drug-likeness (QED) is 0.907. The highest BCUT2D eigenvalue weighted by atomic mass is 32.1. The number of thiophene rings is 1. The van der Waals surface area contributed by atoms with E-state index < -0.39 is 0 Å². The van der Waals surface area contributed by atoms with Crippen molar-refractivity contribution in [1.29, 1.82) is 5.26 Å². The third-order valence-electron chi connectivity index (χ3n) is 1.78. The Morgan fingerprint density at radius 2 is 2.50 bits per heavy atom. The van der Waals surface area contributed by atoms with Crippen LogP contribution in [0.5, 0.6) is 0 Å². The molecule has 0 saturated carbocycles. The molecule has 2 aromatic rings. The predicted octanol–water partition coefficient (Wildman–Crippen LogP) is 2.26. The van der Waals surface area contributed by atoms with Crippen LogP contribution in [0.4, 0.5) is 5.13 Å². The molecular weight excluding hydrogens is 242 g/mol. The number of hydrogen-bond donors (Lipinski definition) is 1. The molecule has 0 radical (unpaired) electrons. The molecule has 2 heterocycles. The predicted molar refractivity (Wildman–Crippen MR) is 63.5 cm³/mol. The van der Waals surface area contributed by atoms with E-state index >= 15 is 0 Å². The first kappa shape index (κ1) is 10.8. The number of carbonyl (C=O) groups excluding carboxylic acids is 1. The minimum absolute atomic E-state index is 0.110. The Bertz CT molecular complexity index is 525. The fourth-order valence-electron chi connectivity index (χ4n) is 1.12. The molecule has 80 valence electrons. The van der Waals surface area contributed by atoms with Crippen molar-refractivity contribution in [1.82, 2.24) is 4.98 Å². The monoisotopic (exact) mass is 249 g/mol. The van der Waals surface area contributed by atoms with Crippen LogP contribution < -0.4 is 5.32 Å². The number of rotatable bonds is 3. The van der Waals surface area contributed by atoms with Crippen LogP contribution in [0.3, 0.4) is 0 Å². The average Bonchev–Trinajstić information content (AvgIpc) is 2.89. The smallest absolute Gasteiger partial charge is 0.231 e. The molecule has 2 rings (SSSR count). The summed E-state index contributed by atoms with van der Waals surface area (Å²) in [7, 11) is 0. The van der Waals surface area contributed by atoms with E-state index in [1.54, 1.807) is 11.3 Å². The molecule has 0 aromatic carbocycles. The van der Waals surface area contributed by atoms with Gasteiger partial charge in [0.15, 0.2) is 5.13 Å². The van der Waals surface area contributed by atoms with Gasteiger partial charge in [0, 0.05) is 4.88 Å². The van der Waals surface area contributed by atoms with Crippen LogP contribution in [0.15, 0.2) is 23.7 Å². The molecule has 6 heteroatoms. The second-order valence-corrected chi connectivity index (χ2v) is 5.01. The van der Waals surface area contributed by atoms with Crippen molar-refractivity contribution in [2.45, 2.75) is 6.42 Å². The Balaban J connectivity index is 1.95. The number of aromatic nitrogens is 1. The SMILES string of the molecule is N#Cc1cnc(NC(=O)Cc2cccs2)s1. The van der Waals surface area contributed by atoms with E-state index in [1.807, 2.05) is 23.6 Å². The Hall–Kier alpha value is -1.71. The lowest BCUT2D eigenvalue weighted by molar-refractivity contribution is -0.115. The number of amides is 1. The summed E-state index contributed by atoms with van der Waals surface area (Å²) in [4.78, 5) is 17.0. The summed E-state index contributed by atoms with van der Waals surface area (Å²) in [6, 6.07) is 5.79. The molecule has 0 aliphatic heterocycles. The normalized spacial score (nSPS) is 9.69. The van der Waals surface area contributed by atoms with Crippen LogP contribution >= 0.6 is 22.7 Å². The zero-order valence-corrected chi connectivity index (χ0v) is 9.77. The topological polar surface area (TPSA) is 65.8 Å². The van der Waals surface area contributed by atoms with E-state index in [9.17, 15) is 4.79 Å². The molecule has 1 amide bonds. The highest BCUT2D eigenvalue weighted by Gasteiger charge is 2.07. The Morgan fingerprint density at radius 1 is 1.62 bits per heavy atom. The van der Waals surface area contributed by atoms with Crippen molar-refractivity contribution >= 4 is 33.7 Å². The van der Waals surface area contributed by atoms with Crippen molar-refractivity contribution in [2.75, 3.05) is 5.32 Å². The van der Waals surface area contributed by atoms with Gasteiger partial charge in [-0.1, -0.05) is 17.4 Å². The van der Waals surface area contributed by atoms with Gasteiger partial charge in [-0.3, -0.25) is 4.79 Å². The van der Waals surface area contributed by atoms with E-state index in [1.165, 1.54) is 17.5 Å². The van der Waals surface area contributed by atoms with Crippen LogP contribution in [0.2, 0.25) is 0 Å². The number of nitrogens with one attached hydrogen (secondary N) is 1. The second-order valence-electron chi connectivity index (χ2n) is 2.95. The fraction of sp³-hybridized carbons (Fsp3) is 0.100. The van der Waals surface area contributed by atoms with Gasteiger partial charge in [0.05, 0.1) is 12.6 Å². The summed E-state index contributed by atoms with van der Waals surface area (Å²) in [5.74, 6) is -0.110. The maximum absolute atomic E-state index is 11.6. The molecule has 0 saturated heterocycles. The van der Waals surface area contributed by atoms with Gasteiger partial charge in [-0.05, 0) is 11.4 Å². The van der Waals surface area contributed by atoms with Crippen LogP contribution in [0, 0.1) is 11.3 Å². The summed E-state index contributed by atoms with van der Waals surface area (Å²) in [5.41, 5.74) is 0. The lowest BCUT2D eigenvalue weighted by Crippen LogP contribution is -2.13. The van der Waals surface area contributed by atoms with Gasteiger partial charge in [0.2, 0.25) is 5.91 Å². The van der Waals surface area contributed by atoms with E-state index in [0.717, 1.165) is 4.88 Å². The Labute approximate surface area is 100 Å². The molecule has 16 heavy (non-hydrogen) atoms. The maximum atomic E-state index is 11.6. The zero-order chi connectivity index (χ0) is 11.4. The van der Waals surface area contributed by atoms with E-state index in [4.69, 9.17) is 5.26 Å². The van der Waals surface area contributed by atoms with Crippen LogP contribution in [-0.2, 0) is 11.2 Å². The molecule has 1 N–H and O–H groups in total. The van der Waals surface area contributed by atoms with E-state index in [-0.39, 0.29) is 5.91 Å². The largest absolute Gasteiger partial charge is 0.302 e. The summed E-state index contributed by atoms with van der Waals surface area (Å²) in [5, 5.41) is 13.7. The molecular formula is C10H7N3OS2. The van der Waals surface area contributed by atoms with Crippen molar-refractivity contribution in [3.05, 3.63) is 33.5 Å². The number of hydrogen-bond acceptors (Lipinski definition) is 5. The van der Waals surface area contributed by atoms with Gasteiger partial charge >= 0.3 is 0 Å². The number of nitrogens with zero attached hydrogens (tertiary/aromatic N) is 2. The van der Waals surface area contributed by atoms with Crippen molar-refractivity contribution in [3.63, 3.8) is 0 Å². The number of thiazole rings is 1. The first-order chi connectivity index (χ1) is 7.78. The minimum atomic E-state index is -0.110. The summed E-state index contributed by atoms with van der Waals surface area (Å²) < 4.78 is 0. The van der Waals surface area contributed by atoms with E-state index in [2.05, 4.69) is 10.3 Å². The molecule has 0 aliphatic carbocycles. The van der Waals surface area contributed by atoms with Crippen LogP contribution in [0.25, 0.3) is 0 Å². The van der Waals surface area contributed by atoms with Crippen molar-refractivity contribution < 1.29 is 4.79 Å². The molecule has 4 nitrogen and oxygen atoms in total. The third kappa shape index (κ3) is 2.66. The summed E-state index contributed by atoms with van der Waals surface area (Å²) >= 11 is 2.71. The highest BCUT2D eigenvalue weighted by molar-refractivity contribution is 7.16. The molecule has 2 aromatic heterocycles. The fourth-order valence-corrected chi connectivity index (χ4v) is 2.45. The van der Waals surface area contributed by atoms with Crippen molar-refractivity contribution in [3.8, 4) is 6.07 Å². The van der Waals surface area contributed by atoms with Crippen molar-refractivity contribution in [2.24, 2.45) is 0 Å². The standard InChI is InChI=1S/C10H7N3OS2/c11-5-8-6-12-10(16-8)13-9(14)4-7-2-1-3-15-7/h1-3,6H,4H2,(H,12,13,14). The molecule has 0 aliphatic rings. The van der Waals surface area contributed by atoms with Crippen LogP contribution in [-0.4, -0.2) is 10.9 Å². The minimum Gasteiger partial charge on any atom is -0.302 e. The number of nitriles is 1. The van der Waals surface area contributed by atoms with Gasteiger partial charge in [-0.2, -0.15) is 5.26 Å². The molecule has 0 atom stereocenters. The Kier molecular flexibility index (Phi) is 3.29. The number of anilines is 1. The summed E-state index contributed by atoms with van der Waals surface area (Å²) in [6.07, 6.45) is 1.80. The first-order valence-corrected chi connectivity index (χ1v) is 6.15. The van der Waals surface area contributed by atoms with Gasteiger partial charge in [-0.25, -0.2) is 4.98 Å². The second kappa shape index (κ2) is 4.88. The first-order valence-electron chi connectivity index (χ1n) is 4.46. The zero-order valence-electron chi connectivity index (χ0n) is 8.14. The third-order valence-corrected chi connectivity index (χ3v) is 3.47. The maximum Gasteiger partial charge on any atom is 0.231 e.